The Balaban J connectivity index is 1.55. The van der Waals surface area contributed by atoms with Crippen LogP contribution in [0.5, 0.6) is 0 Å². The summed E-state index contributed by atoms with van der Waals surface area (Å²) in [6.07, 6.45) is 0. The average Bonchev–Trinajstić information content (AvgIpc) is 3.26. The lowest BCUT2D eigenvalue weighted by Gasteiger charge is -2.16. The van der Waals surface area contributed by atoms with Gasteiger partial charge in [-0.1, -0.05) is 6.07 Å². The smallest absolute Gasteiger partial charge is 0.257 e. The third-order valence-corrected chi connectivity index (χ3v) is 6.29. The normalized spacial score (nSPS) is 14.6. The van der Waals surface area contributed by atoms with Crippen LogP contribution in [0.2, 0.25) is 0 Å². The summed E-state index contributed by atoms with van der Waals surface area (Å²) >= 11 is 1.38. The second kappa shape index (κ2) is 7.25. The van der Waals surface area contributed by atoms with Crippen LogP contribution in [0.3, 0.4) is 0 Å². The van der Waals surface area contributed by atoms with Gasteiger partial charge in [-0.25, -0.2) is 4.98 Å². The standard InChI is InChI=1S/C23H24N4O2S/c1-23(2)17-12-15(8-11-19(17)27(5)21(23)29)18-13-30-22(24-18)25-20(28)14-6-9-16(10-7-14)26(3)4/h6-13H,1-5H3,(H,24,25,28). The molecule has 2 heterocycles. The number of rotatable bonds is 4. The Hall–Kier alpha value is -3.19. The molecule has 1 aromatic heterocycles. The number of hydrogen-bond donors (Lipinski definition) is 1. The Morgan fingerprint density at radius 1 is 1.13 bits per heavy atom. The highest BCUT2D eigenvalue weighted by molar-refractivity contribution is 7.14. The summed E-state index contributed by atoms with van der Waals surface area (Å²) in [6.45, 7) is 3.88. The van der Waals surface area contributed by atoms with E-state index in [1.807, 2.05) is 68.6 Å². The van der Waals surface area contributed by atoms with Gasteiger partial charge >= 0.3 is 0 Å². The van der Waals surface area contributed by atoms with Crippen molar-refractivity contribution in [1.29, 1.82) is 0 Å². The molecule has 30 heavy (non-hydrogen) atoms. The van der Waals surface area contributed by atoms with Crippen LogP contribution in [-0.4, -0.2) is 37.9 Å². The monoisotopic (exact) mass is 420 g/mol. The highest BCUT2D eigenvalue weighted by Gasteiger charge is 2.42. The maximum absolute atomic E-state index is 12.6. The average molecular weight is 421 g/mol. The predicted molar refractivity (Wildman–Crippen MR) is 123 cm³/mol. The van der Waals surface area contributed by atoms with Crippen LogP contribution >= 0.6 is 11.3 Å². The summed E-state index contributed by atoms with van der Waals surface area (Å²) in [5.41, 5.74) is 4.68. The number of aromatic nitrogens is 1. The number of benzene rings is 2. The second-order valence-electron chi connectivity index (χ2n) is 8.15. The molecule has 6 nitrogen and oxygen atoms in total. The van der Waals surface area contributed by atoms with E-state index < -0.39 is 5.41 Å². The van der Waals surface area contributed by atoms with Gasteiger partial charge in [-0.05, 0) is 55.8 Å². The molecule has 2 amide bonds. The van der Waals surface area contributed by atoms with Crippen LogP contribution in [0.15, 0.2) is 47.8 Å². The lowest BCUT2D eigenvalue weighted by atomic mass is 9.85. The molecule has 154 valence electrons. The van der Waals surface area contributed by atoms with Crippen molar-refractivity contribution in [3.05, 3.63) is 59.0 Å². The zero-order valence-electron chi connectivity index (χ0n) is 17.7. The SMILES string of the molecule is CN(C)c1ccc(C(=O)Nc2nc(-c3ccc4c(c3)C(C)(C)C(=O)N4C)cs2)cc1. The van der Waals surface area contributed by atoms with Gasteiger partial charge in [0, 0.05) is 49.0 Å². The van der Waals surface area contributed by atoms with Gasteiger partial charge < -0.3 is 9.80 Å². The summed E-state index contributed by atoms with van der Waals surface area (Å²) in [6, 6.07) is 13.4. The van der Waals surface area contributed by atoms with E-state index in [1.165, 1.54) is 11.3 Å². The van der Waals surface area contributed by atoms with E-state index in [1.54, 1.807) is 24.1 Å². The van der Waals surface area contributed by atoms with Crippen LogP contribution in [0.25, 0.3) is 11.3 Å². The van der Waals surface area contributed by atoms with Gasteiger partial charge in [0.05, 0.1) is 11.1 Å². The van der Waals surface area contributed by atoms with Gasteiger partial charge in [0.15, 0.2) is 5.13 Å². The molecule has 2 aromatic carbocycles. The summed E-state index contributed by atoms with van der Waals surface area (Å²) in [5, 5.41) is 5.33. The van der Waals surface area contributed by atoms with Crippen LogP contribution in [0.4, 0.5) is 16.5 Å². The number of nitrogens with one attached hydrogen (secondary N) is 1. The van der Waals surface area contributed by atoms with Gasteiger partial charge in [-0.15, -0.1) is 11.3 Å². The molecule has 0 unspecified atom stereocenters. The van der Waals surface area contributed by atoms with Crippen molar-refractivity contribution in [2.24, 2.45) is 0 Å². The maximum Gasteiger partial charge on any atom is 0.257 e. The largest absolute Gasteiger partial charge is 0.378 e. The molecule has 1 N–H and O–H groups in total. The Morgan fingerprint density at radius 3 is 2.50 bits per heavy atom. The van der Waals surface area contributed by atoms with Crippen molar-refractivity contribution in [3.8, 4) is 11.3 Å². The Morgan fingerprint density at radius 2 is 1.83 bits per heavy atom. The van der Waals surface area contributed by atoms with E-state index in [-0.39, 0.29) is 11.8 Å². The third kappa shape index (κ3) is 3.35. The number of carbonyl (C=O) groups is 2. The molecule has 0 saturated carbocycles. The second-order valence-corrected chi connectivity index (χ2v) is 9.01. The van der Waals surface area contributed by atoms with Crippen molar-refractivity contribution < 1.29 is 9.59 Å². The first kappa shape index (κ1) is 20.1. The lowest BCUT2D eigenvalue weighted by molar-refractivity contribution is -0.121. The molecule has 0 fully saturated rings. The third-order valence-electron chi connectivity index (χ3n) is 5.54. The molecular weight excluding hydrogens is 396 g/mol. The van der Waals surface area contributed by atoms with Gasteiger partial charge in [0.2, 0.25) is 5.91 Å². The topological polar surface area (TPSA) is 65.5 Å². The molecule has 0 bridgehead atoms. The molecule has 4 rings (SSSR count). The van der Waals surface area contributed by atoms with E-state index >= 15 is 0 Å². The number of carbonyl (C=O) groups excluding carboxylic acids is 2. The van der Waals surface area contributed by atoms with Gasteiger partial charge in [-0.3, -0.25) is 14.9 Å². The number of nitrogens with zero attached hydrogens (tertiary/aromatic N) is 3. The maximum atomic E-state index is 12.6. The number of thiazole rings is 1. The van der Waals surface area contributed by atoms with Crippen LogP contribution < -0.4 is 15.1 Å². The Labute approximate surface area is 180 Å². The molecule has 1 aliphatic heterocycles. The molecule has 0 aliphatic carbocycles. The van der Waals surface area contributed by atoms with Crippen molar-refractivity contribution in [1.82, 2.24) is 4.98 Å². The Bertz CT molecular complexity index is 1130. The van der Waals surface area contributed by atoms with Crippen molar-refractivity contribution in [2.45, 2.75) is 19.3 Å². The van der Waals surface area contributed by atoms with Crippen LogP contribution in [0, 0.1) is 0 Å². The first-order valence-corrected chi connectivity index (χ1v) is 10.5. The van der Waals surface area contributed by atoms with E-state index in [9.17, 15) is 9.59 Å². The molecule has 0 radical (unpaired) electrons. The predicted octanol–water partition coefficient (Wildman–Crippen LogP) is 4.38. The number of likely N-dealkylation sites (N-methyl/N-ethyl adjacent to an activating group) is 1. The minimum Gasteiger partial charge on any atom is -0.378 e. The zero-order valence-corrected chi connectivity index (χ0v) is 18.5. The Kier molecular flexibility index (Phi) is 4.86. The summed E-state index contributed by atoms with van der Waals surface area (Å²) < 4.78 is 0. The molecule has 3 aromatic rings. The summed E-state index contributed by atoms with van der Waals surface area (Å²) in [7, 11) is 5.72. The molecule has 0 spiro atoms. The lowest BCUT2D eigenvalue weighted by Crippen LogP contribution is -2.33. The zero-order chi connectivity index (χ0) is 21.6. The fourth-order valence-electron chi connectivity index (χ4n) is 3.68. The molecular formula is C23H24N4O2S. The quantitative estimate of drug-likeness (QED) is 0.680. The fourth-order valence-corrected chi connectivity index (χ4v) is 4.39. The molecule has 7 heteroatoms. The molecule has 0 atom stereocenters. The fraction of sp³-hybridized carbons (Fsp3) is 0.261. The van der Waals surface area contributed by atoms with E-state index in [4.69, 9.17) is 0 Å². The van der Waals surface area contributed by atoms with Gasteiger partial charge in [-0.2, -0.15) is 0 Å². The number of amides is 2. The first-order valence-electron chi connectivity index (χ1n) is 9.66. The minimum absolute atomic E-state index is 0.0844. The van der Waals surface area contributed by atoms with Crippen LogP contribution in [0.1, 0.15) is 29.8 Å². The highest BCUT2D eigenvalue weighted by atomic mass is 32.1. The number of anilines is 3. The molecule has 0 saturated heterocycles. The first-order chi connectivity index (χ1) is 14.2. The number of hydrogen-bond acceptors (Lipinski definition) is 5. The van der Waals surface area contributed by atoms with E-state index in [0.717, 1.165) is 28.2 Å². The van der Waals surface area contributed by atoms with E-state index in [0.29, 0.717) is 10.7 Å². The minimum atomic E-state index is -0.564. The summed E-state index contributed by atoms with van der Waals surface area (Å²) in [4.78, 5) is 33.3. The van der Waals surface area contributed by atoms with E-state index in [2.05, 4.69) is 10.3 Å². The molecule has 1 aliphatic rings. The van der Waals surface area contributed by atoms with Gasteiger partial charge in [0.25, 0.3) is 5.91 Å². The van der Waals surface area contributed by atoms with Crippen molar-refractivity contribution in [3.63, 3.8) is 0 Å². The highest BCUT2D eigenvalue weighted by Crippen LogP contribution is 2.42. The van der Waals surface area contributed by atoms with Crippen LogP contribution in [-0.2, 0) is 10.2 Å². The summed E-state index contributed by atoms with van der Waals surface area (Å²) in [5.74, 6) is -0.107. The number of fused-ring (bicyclic) bond motifs is 1. The van der Waals surface area contributed by atoms with Gasteiger partial charge in [0.1, 0.15) is 0 Å². The van der Waals surface area contributed by atoms with Crippen molar-refractivity contribution >= 4 is 39.7 Å². The van der Waals surface area contributed by atoms with Crippen molar-refractivity contribution in [2.75, 3.05) is 36.3 Å².